The van der Waals surface area contributed by atoms with Gasteiger partial charge in [0.25, 0.3) is 5.91 Å². The van der Waals surface area contributed by atoms with E-state index in [1.165, 1.54) is 0 Å². The van der Waals surface area contributed by atoms with Crippen molar-refractivity contribution in [2.24, 2.45) is 7.05 Å². The van der Waals surface area contributed by atoms with E-state index in [0.29, 0.717) is 12.1 Å². The van der Waals surface area contributed by atoms with E-state index in [-0.39, 0.29) is 5.91 Å². The Bertz CT molecular complexity index is 845. The van der Waals surface area contributed by atoms with Crippen molar-refractivity contribution in [1.82, 2.24) is 20.1 Å². The highest BCUT2D eigenvalue weighted by atomic mass is 32.2. The second kappa shape index (κ2) is 7.31. The molecule has 0 spiro atoms. The summed E-state index contributed by atoms with van der Waals surface area (Å²) >= 11 is 1.57. The van der Waals surface area contributed by atoms with Crippen LogP contribution >= 0.6 is 11.8 Å². The molecule has 3 rings (SSSR count). The second-order valence-electron chi connectivity index (χ2n) is 5.26. The van der Waals surface area contributed by atoms with Crippen LogP contribution in [0.2, 0.25) is 0 Å². The lowest BCUT2D eigenvalue weighted by atomic mass is 10.2. The third-order valence-electron chi connectivity index (χ3n) is 3.73. The smallest absolute Gasteiger partial charge is 0.252 e. The summed E-state index contributed by atoms with van der Waals surface area (Å²) in [5.74, 6) is -0.0772. The molecule has 0 aliphatic rings. The van der Waals surface area contributed by atoms with Gasteiger partial charge in [0.15, 0.2) is 0 Å². The number of nitrogens with zero attached hydrogens (tertiary/aromatic N) is 3. The number of hydrogen-bond acceptors (Lipinski definition) is 4. The van der Waals surface area contributed by atoms with Gasteiger partial charge in [0.1, 0.15) is 0 Å². The van der Waals surface area contributed by atoms with Crippen LogP contribution in [0.25, 0.3) is 11.3 Å². The van der Waals surface area contributed by atoms with E-state index in [0.717, 1.165) is 21.8 Å². The first kappa shape index (κ1) is 16.3. The molecule has 0 saturated carbocycles. The number of thioether (sulfide) groups is 1. The fourth-order valence-corrected chi connectivity index (χ4v) is 3.03. The van der Waals surface area contributed by atoms with Crippen molar-refractivity contribution in [2.45, 2.75) is 11.4 Å². The first-order chi connectivity index (χ1) is 11.7. The van der Waals surface area contributed by atoms with Gasteiger partial charge in [0.2, 0.25) is 0 Å². The van der Waals surface area contributed by atoms with Gasteiger partial charge in [-0.3, -0.25) is 14.5 Å². The van der Waals surface area contributed by atoms with E-state index >= 15 is 0 Å². The van der Waals surface area contributed by atoms with E-state index in [2.05, 4.69) is 15.4 Å². The van der Waals surface area contributed by atoms with Crippen LogP contribution < -0.4 is 5.32 Å². The van der Waals surface area contributed by atoms with Gasteiger partial charge in [0.05, 0.1) is 23.5 Å². The molecule has 1 N–H and O–H groups in total. The molecule has 5 nitrogen and oxygen atoms in total. The summed E-state index contributed by atoms with van der Waals surface area (Å²) in [7, 11) is 1.88. The van der Waals surface area contributed by atoms with E-state index in [9.17, 15) is 4.79 Å². The van der Waals surface area contributed by atoms with Crippen molar-refractivity contribution in [2.75, 3.05) is 6.26 Å². The minimum atomic E-state index is -0.0772. The van der Waals surface area contributed by atoms with E-state index < -0.39 is 0 Å². The molecule has 0 atom stereocenters. The Morgan fingerprint density at radius 2 is 1.96 bits per heavy atom. The maximum Gasteiger partial charge on any atom is 0.252 e. The zero-order chi connectivity index (χ0) is 16.9. The van der Waals surface area contributed by atoms with Crippen LogP contribution in [0, 0.1) is 0 Å². The molecular formula is C18H18N4OS. The summed E-state index contributed by atoms with van der Waals surface area (Å²) in [5.41, 5.74) is 3.51. The molecule has 0 bridgehead atoms. The zero-order valence-corrected chi connectivity index (χ0v) is 14.4. The summed E-state index contributed by atoms with van der Waals surface area (Å²) in [6.07, 6.45) is 5.45. The van der Waals surface area contributed by atoms with Gasteiger partial charge in [0, 0.05) is 29.9 Å². The highest BCUT2D eigenvalue weighted by Crippen LogP contribution is 2.20. The normalized spacial score (nSPS) is 10.6. The summed E-state index contributed by atoms with van der Waals surface area (Å²) in [6.45, 7) is 0.427. The van der Waals surface area contributed by atoms with Gasteiger partial charge >= 0.3 is 0 Å². The molecule has 0 aliphatic carbocycles. The number of rotatable bonds is 5. The molecule has 0 radical (unpaired) electrons. The highest BCUT2D eigenvalue weighted by molar-refractivity contribution is 7.98. The second-order valence-corrected chi connectivity index (χ2v) is 6.11. The number of aromatic nitrogens is 3. The molecule has 6 heteroatoms. The van der Waals surface area contributed by atoms with Crippen molar-refractivity contribution in [3.8, 4) is 11.3 Å². The molecule has 0 unspecified atom stereocenters. The molecule has 24 heavy (non-hydrogen) atoms. The van der Waals surface area contributed by atoms with Crippen LogP contribution in [0.15, 0.2) is 59.8 Å². The van der Waals surface area contributed by atoms with E-state index in [4.69, 9.17) is 0 Å². The lowest BCUT2D eigenvalue weighted by Gasteiger charge is -2.08. The quantitative estimate of drug-likeness (QED) is 0.726. The molecule has 1 amide bonds. The number of amides is 1. The van der Waals surface area contributed by atoms with Crippen LogP contribution in [0.1, 0.15) is 16.1 Å². The topological polar surface area (TPSA) is 59.8 Å². The monoisotopic (exact) mass is 338 g/mol. The average molecular weight is 338 g/mol. The molecule has 1 aromatic carbocycles. The summed E-state index contributed by atoms with van der Waals surface area (Å²) in [4.78, 5) is 17.4. The Morgan fingerprint density at radius 1 is 1.21 bits per heavy atom. The Kier molecular flexibility index (Phi) is 4.96. The largest absolute Gasteiger partial charge is 0.346 e. The lowest BCUT2D eigenvalue weighted by Crippen LogP contribution is -2.24. The fraction of sp³-hybridized carbons (Fsp3) is 0.167. The third-order valence-corrected chi connectivity index (χ3v) is 4.53. The Labute approximate surface area is 145 Å². The standard InChI is InChI=1S/C18H18N4OS/c1-22-14(11-16(21-22)13-7-9-19-10-8-13)12-20-18(23)15-5-3-4-6-17(15)24-2/h3-11H,12H2,1-2H3,(H,20,23). The van der Waals surface area contributed by atoms with Gasteiger partial charge in [-0.05, 0) is 36.6 Å². The summed E-state index contributed by atoms with van der Waals surface area (Å²) in [5, 5.41) is 7.47. The molecule has 3 aromatic rings. The molecule has 0 saturated heterocycles. The van der Waals surface area contributed by atoms with Crippen LogP contribution in [-0.4, -0.2) is 26.9 Å². The predicted molar refractivity (Wildman–Crippen MR) is 95.8 cm³/mol. The highest BCUT2D eigenvalue weighted by Gasteiger charge is 2.12. The minimum absolute atomic E-state index is 0.0772. The maximum atomic E-state index is 12.4. The number of hydrogen-bond donors (Lipinski definition) is 1. The van der Waals surface area contributed by atoms with Gasteiger partial charge in [-0.15, -0.1) is 11.8 Å². The minimum Gasteiger partial charge on any atom is -0.346 e. The van der Waals surface area contributed by atoms with Gasteiger partial charge < -0.3 is 5.32 Å². The SMILES string of the molecule is CSc1ccccc1C(=O)NCc1cc(-c2ccncc2)nn1C. The number of benzene rings is 1. The Balaban J connectivity index is 1.73. The number of nitrogens with one attached hydrogen (secondary N) is 1. The van der Waals surface area contributed by atoms with Crippen molar-refractivity contribution >= 4 is 17.7 Å². The van der Waals surface area contributed by atoms with Crippen molar-refractivity contribution in [1.29, 1.82) is 0 Å². The number of pyridine rings is 1. The predicted octanol–water partition coefficient (Wildman–Crippen LogP) is 3.13. The molecule has 2 heterocycles. The molecule has 0 fully saturated rings. The molecule has 122 valence electrons. The van der Waals surface area contributed by atoms with Gasteiger partial charge in [-0.1, -0.05) is 12.1 Å². The Morgan fingerprint density at radius 3 is 2.71 bits per heavy atom. The third kappa shape index (κ3) is 3.49. The fourth-order valence-electron chi connectivity index (χ4n) is 2.43. The zero-order valence-electron chi connectivity index (χ0n) is 13.6. The van der Waals surface area contributed by atoms with Gasteiger partial charge in [-0.25, -0.2) is 0 Å². The van der Waals surface area contributed by atoms with Crippen molar-refractivity contribution in [3.63, 3.8) is 0 Å². The number of carbonyl (C=O) groups is 1. The average Bonchev–Trinajstić information content (AvgIpc) is 3.01. The Hall–Kier alpha value is -2.60. The van der Waals surface area contributed by atoms with Crippen molar-refractivity contribution < 1.29 is 4.79 Å². The number of carbonyl (C=O) groups excluding carboxylic acids is 1. The molecule has 2 aromatic heterocycles. The molecular weight excluding hydrogens is 320 g/mol. The van der Waals surface area contributed by atoms with Crippen LogP contribution in [0.5, 0.6) is 0 Å². The first-order valence-corrected chi connectivity index (χ1v) is 8.76. The van der Waals surface area contributed by atoms with Crippen LogP contribution in [0.4, 0.5) is 0 Å². The van der Waals surface area contributed by atoms with Crippen molar-refractivity contribution in [3.05, 3.63) is 66.1 Å². The first-order valence-electron chi connectivity index (χ1n) is 7.53. The van der Waals surface area contributed by atoms with Crippen LogP contribution in [-0.2, 0) is 13.6 Å². The summed E-state index contributed by atoms with van der Waals surface area (Å²) < 4.78 is 1.79. The molecule has 0 aliphatic heterocycles. The van der Waals surface area contributed by atoms with E-state index in [1.807, 2.05) is 55.8 Å². The summed E-state index contributed by atoms with van der Waals surface area (Å²) in [6, 6.07) is 13.4. The van der Waals surface area contributed by atoms with Crippen LogP contribution in [0.3, 0.4) is 0 Å². The van der Waals surface area contributed by atoms with Gasteiger partial charge in [-0.2, -0.15) is 5.10 Å². The van der Waals surface area contributed by atoms with E-state index in [1.54, 1.807) is 28.8 Å². The number of aryl methyl sites for hydroxylation is 1. The maximum absolute atomic E-state index is 12.4. The lowest BCUT2D eigenvalue weighted by molar-refractivity contribution is 0.0947.